The highest BCUT2D eigenvalue weighted by Crippen LogP contribution is 2.28. The largest absolute Gasteiger partial charge is 0.496 e. The molecule has 0 atom stereocenters. The van der Waals surface area contributed by atoms with Gasteiger partial charge in [0, 0.05) is 44.4 Å². The van der Waals surface area contributed by atoms with Crippen LogP contribution in [-0.2, 0) is 9.53 Å². The normalized spacial score (nSPS) is 13.8. The van der Waals surface area contributed by atoms with Crippen LogP contribution in [0.3, 0.4) is 0 Å². The van der Waals surface area contributed by atoms with Gasteiger partial charge in [0.15, 0.2) is 6.29 Å². The van der Waals surface area contributed by atoms with E-state index in [1.807, 2.05) is 54.6 Å². The molecule has 0 saturated carbocycles. The molecule has 1 aliphatic rings. The topological polar surface area (TPSA) is 105 Å². The van der Waals surface area contributed by atoms with Gasteiger partial charge in [0.25, 0.3) is 5.91 Å². The summed E-state index contributed by atoms with van der Waals surface area (Å²) >= 11 is 0. The number of ether oxygens (including phenoxy) is 2. The summed E-state index contributed by atoms with van der Waals surface area (Å²) in [7, 11) is 3.12. The predicted molar refractivity (Wildman–Crippen MR) is 152 cm³/mol. The molecule has 1 aliphatic heterocycles. The molecule has 9 nitrogen and oxygen atoms in total. The minimum atomic E-state index is -0.674. The average Bonchev–Trinajstić information content (AvgIpc) is 3.00. The fraction of sp³-hybridized carbons (Fsp3) is 0.290. The molecule has 1 fully saturated rings. The molecule has 0 unspecified atom stereocenters. The van der Waals surface area contributed by atoms with Crippen molar-refractivity contribution in [3.63, 3.8) is 0 Å². The number of hydrogen-bond acceptors (Lipinski definition) is 7. The number of anilines is 1. The molecular weight excluding hydrogens is 510 g/mol. The number of likely N-dealkylation sites (N-methyl/N-ethyl adjacent to an activating group) is 1. The summed E-state index contributed by atoms with van der Waals surface area (Å²) in [5, 5.41) is 2.89. The van der Waals surface area contributed by atoms with Crippen LogP contribution in [0, 0.1) is 0 Å². The molecule has 3 aromatic carbocycles. The van der Waals surface area contributed by atoms with Gasteiger partial charge in [0.1, 0.15) is 11.9 Å². The Morgan fingerprint density at radius 1 is 1.00 bits per heavy atom. The third-order valence-corrected chi connectivity index (χ3v) is 6.98. The first-order valence-corrected chi connectivity index (χ1v) is 13.2. The Hall–Kier alpha value is -4.50. The molecule has 208 valence electrons. The Morgan fingerprint density at radius 2 is 1.70 bits per heavy atom. The van der Waals surface area contributed by atoms with Gasteiger partial charge in [-0.2, -0.15) is 0 Å². The molecule has 0 aromatic heterocycles. The highest BCUT2D eigenvalue weighted by atomic mass is 16.6. The van der Waals surface area contributed by atoms with E-state index < -0.39 is 11.9 Å². The number of aldehydes is 1. The van der Waals surface area contributed by atoms with E-state index in [4.69, 9.17) is 9.47 Å². The van der Waals surface area contributed by atoms with E-state index in [0.29, 0.717) is 37.2 Å². The van der Waals surface area contributed by atoms with Gasteiger partial charge in [-0.15, -0.1) is 0 Å². The number of likely N-dealkylation sites (tertiary alicyclic amines) is 1. The molecule has 0 aliphatic carbocycles. The lowest BCUT2D eigenvalue weighted by atomic mass is 10.0. The third-order valence-electron chi connectivity index (χ3n) is 6.98. The van der Waals surface area contributed by atoms with Crippen molar-refractivity contribution in [2.24, 2.45) is 0 Å². The van der Waals surface area contributed by atoms with Gasteiger partial charge in [-0.25, -0.2) is 4.79 Å². The van der Waals surface area contributed by atoms with Crippen molar-refractivity contribution in [3.8, 4) is 16.9 Å². The van der Waals surface area contributed by atoms with Gasteiger partial charge in [-0.3, -0.25) is 19.7 Å². The molecule has 1 N–H and O–H groups in total. The number of hydrogen-bond donors (Lipinski definition) is 1. The molecule has 0 spiro atoms. The maximum Gasteiger partial charge on any atom is 0.411 e. The highest BCUT2D eigenvalue weighted by molar-refractivity contribution is 6.33. The van der Waals surface area contributed by atoms with Crippen molar-refractivity contribution < 1.29 is 28.7 Å². The maximum absolute atomic E-state index is 13.0. The first kappa shape index (κ1) is 28.5. The molecule has 40 heavy (non-hydrogen) atoms. The van der Waals surface area contributed by atoms with Crippen LogP contribution in [0.4, 0.5) is 10.5 Å². The summed E-state index contributed by atoms with van der Waals surface area (Å²) in [5.41, 5.74) is 3.13. The van der Waals surface area contributed by atoms with Crippen LogP contribution in [0.15, 0.2) is 72.8 Å². The van der Waals surface area contributed by atoms with Crippen molar-refractivity contribution in [2.75, 3.05) is 45.7 Å². The first-order chi connectivity index (χ1) is 19.4. The lowest BCUT2D eigenvalue weighted by Gasteiger charge is -2.32. The van der Waals surface area contributed by atoms with E-state index in [9.17, 15) is 19.2 Å². The minimum absolute atomic E-state index is 0.172. The van der Waals surface area contributed by atoms with E-state index >= 15 is 0 Å². The quantitative estimate of drug-likeness (QED) is 0.228. The van der Waals surface area contributed by atoms with Crippen LogP contribution in [0.5, 0.6) is 5.75 Å². The zero-order valence-corrected chi connectivity index (χ0v) is 22.7. The third kappa shape index (κ3) is 7.12. The summed E-state index contributed by atoms with van der Waals surface area (Å²) in [5.74, 6) is -0.674. The smallest absolute Gasteiger partial charge is 0.411 e. The first-order valence-electron chi connectivity index (χ1n) is 13.2. The SMILES string of the molecule is COc1cc(C(=O)C=O)ccc1C(=O)N(C)CCN1CCC(OC(=O)Nc2ccccc2-c2ccccc2)CC1. The fourth-order valence-corrected chi connectivity index (χ4v) is 4.69. The highest BCUT2D eigenvalue weighted by Gasteiger charge is 2.24. The summed E-state index contributed by atoms with van der Waals surface area (Å²) in [6.45, 7) is 2.63. The lowest BCUT2D eigenvalue weighted by Crippen LogP contribution is -2.42. The van der Waals surface area contributed by atoms with Crippen LogP contribution >= 0.6 is 0 Å². The van der Waals surface area contributed by atoms with Crippen molar-refractivity contribution in [1.82, 2.24) is 9.80 Å². The summed E-state index contributed by atoms with van der Waals surface area (Å²) in [6.07, 6.45) is 0.976. The van der Waals surface area contributed by atoms with Gasteiger partial charge in [-0.05, 0) is 42.7 Å². The second-order valence-electron chi connectivity index (χ2n) is 9.61. The molecule has 0 radical (unpaired) electrons. The molecule has 0 bridgehead atoms. The summed E-state index contributed by atoms with van der Waals surface area (Å²) in [4.78, 5) is 51.9. The Kier molecular flexibility index (Phi) is 9.64. The van der Waals surface area contributed by atoms with E-state index in [1.165, 1.54) is 25.3 Å². The Bertz CT molecular complexity index is 1350. The van der Waals surface area contributed by atoms with Gasteiger partial charge in [0.05, 0.1) is 18.4 Å². The second-order valence-corrected chi connectivity index (χ2v) is 9.61. The molecule has 3 aromatic rings. The van der Waals surface area contributed by atoms with Crippen molar-refractivity contribution in [3.05, 3.63) is 83.9 Å². The maximum atomic E-state index is 13.0. The number of methoxy groups -OCH3 is 1. The summed E-state index contributed by atoms with van der Waals surface area (Å²) < 4.78 is 11.0. The fourth-order valence-electron chi connectivity index (χ4n) is 4.69. The van der Waals surface area contributed by atoms with Crippen LogP contribution < -0.4 is 10.1 Å². The summed E-state index contributed by atoms with van der Waals surface area (Å²) in [6, 6.07) is 21.8. The lowest BCUT2D eigenvalue weighted by molar-refractivity contribution is -0.104. The predicted octanol–water partition coefficient (Wildman–Crippen LogP) is 4.53. The van der Waals surface area contributed by atoms with E-state index in [0.717, 1.165) is 24.2 Å². The number of nitrogens with one attached hydrogen (secondary N) is 1. The van der Waals surface area contributed by atoms with Crippen LogP contribution in [0.1, 0.15) is 33.6 Å². The Labute approximate surface area is 233 Å². The molecule has 9 heteroatoms. The number of ketones is 1. The monoisotopic (exact) mass is 543 g/mol. The second kappa shape index (κ2) is 13.5. The molecular formula is C31H33N3O6. The number of carbonyl (C=O) groups excluding carboxylic acids is 4. The van der Waals surface area contributed by atoms with E-state index in [1.54, 1.807) is 11.9 Å². The standard InChI is InChI=1S/C31H33N3O6/c1-33(30(37)26-13-12-23(28(36)21-35)20-29(26)39-2)18-19-34-16-14-24(15-17-34)40-31(38)32-27-11-7-6-10-25(27)22-8-4-3-5-9-22/h3-13,20-21,24H,14-19H2,1-2H3,(H,32,38). The van der Waals surface area contributed by atoms with Crippen molar-refractivity contribution in [2.45, 2.75) is 18.9 Å². The number of piperidine rings is 1. The number of benzene rings is 3. The van der Waals surface area contributed by atoms with Crippen LogP contribution in [0.25, 0.3) is 11.1 Å². The van der Waals surface area contributed by atoms with Crippen LogP contribution in [-0.4, -0.2) is 80.3 Å². The zero-order chi connectivity index (χ0) is 28.5. The molecule has 1 heterocycles. The number of amides is 2. The van der Waals surface area contributed by atoms with Crippen LogP contribution in [0.2, 0.25) is 0 Å². The van der Waals surface area contributed by atoms with Gasteiger partial charge >= 0.3 is 6.09 Å². The van der Waals surface area contributed by atoms with Gasteiger partial charge in [-0.1, -0.05) is 48.5 Å². The number of para-hydroxylation sites is 1. The Balaban J connectivity index is 1.24. The number of Topliss-reactive ketones (excluding diaryl/α,β-unsaturated/α-hetero) is 1. The molecule has 4 rings (SSSR count). The van der Waals surface area contributed by atoms with Gasteiger partial charge in [0.2, 0.25) is 5.78 Å². The van der Waals surface area contributed by atoms with E-state index in [-0.39, 0.29) is 29.6 Å². The number of carbonyl (C=O) groups is 4. The average molecular weight is 544 g/mol. The molecule has 2 amide bonds. The van der Waals surface area contributed by atoms with E-state index in [2.05, 4.69) is 10.2 Å². The Morgan fingerprint density at radius 3 is 2.40 bits per heavy atom. The van der Waals surface area contributed by atoms with Crippen molar-refractivity contribution in [1.29, 1.82) is 0 Å². The minimum Gasteiger partial charge on any atom is -0.496 e. The van der Waals surface area contributed by atoms with Gasteiger partial charge < -0.3 is 19.3 Å². The van der Waals surface area contributed by atoms with Crippen molar-refractivity contribution >= 4 is 29.8 Å². The number of nitrogens with zero attached hydrogens (tertiary/aromatic N) is 2. The number of rotatable bonds is 10. The zero-order valence-electron chi connectivity index (χ0n) is 22.7. The molecule has 1 saturated heterocycles.